The molecule has 0 N–H and O–H groups in total. The van der Waals surface area contributed by atoms with Gasteiger partial charge in [-0.2, -0.15) is 0 Å². The molecule has 1 fully saturated rings. The molecule has 1 saturated heterocycles. The molecule has 1 aromatic rings. The maximum absolute atomic E-state index is 12.3. The Morgan fingerprint density at radius 2 is 1.68 bits per heavy atom. The van der Waals surface area contributed by atoms with Gasteiger partial charge < -0.3 is 14.4 Å². The van der Waals surface area contributed by atoms with E-state index >= 15 is 0 Å². The number of amides is 2. The Kier molecular flexibility index (Phi) is 3.69. The SMILES string of the molecule is CC(=O)N1CCN(C(=O)c2cccn(C)c2=O)CC1. The van der Waals surface area contributed by atoms with E-state index in [2.05, 4.69) is 0 Å². The van der Waals surface area contributed by atoms with Crippen LogP contribution in [0.2, 0.25) is 0 Å². The van der Waals surface area contributed by atoms with Crippen LogP contribution in [0.3, 0.4) is 0 Å². The number of hydrogen-bond donors (Lipinski definition) is 0. The van der Waals surface area contributed by atoms with Crippen LogP contribution in [0.1, 0.15) is 17.3 Å². The third-order valence-corrected chi connectivity index (χ3v) is 3.37. The van der Waals surface area contributed by atoms with Crippen molar-refractivity contribution in [1.82, 2.24) is 14.4 Å². The van der Waals surface area contributed by atoms with Crippen LogP contribution in [0.25, 0.3) is 0 Å². The molecular weight excluding hydrogens is 246 g/mol. The average Bonchev–Trinajstić information content (AvgIpc) is 2.41. The number of hydrogen-bond acceptors (Lipinski definition) is 3. The highest BCUT2D eigenvalue weighted by Crippen LogP contribution is 2.06. The van der Waals surface area contributed by atoms with Gasteiger partial charge in [-0.15, -0.1) is 0 Å². The van der Waals surface area contributed by atoms with Gasteiger partial charge in [-0.25, -0.2) is 0 Å². The highest BCUT2D eigenvalue weighted by molar-refractivity contribution is 5.94. The lowest BCUT2D eigenvalue weighted by atomic mass is 10.2. The van der Waals surface area contributed by atoms with Crippen molar-refractivity contribution >= 4 is 11.8 Å². The second kappa shape index (κ2) is 5.26. The van der Waals surface area contributed by atoms with Crippen LogP contribution >= 0.6 is 0 Å². The number of carbonyl (C=O) groups is 2. The van der Waals surface area contributed by atoms with E-state index in [1.165, 1.54) is 11.5 Å². The molecule has 2 rings (SSSR count). The first-order valence-corrected chi connectivity index (χ1v) is 6.21. The summed E-state index contributed by atoms with van der Waals surface area (Å²) in [7, 11) is 1.62. The van der Waals surface area contributed by atoms with E-state index in [0.717, 1.165) is 0 Å². The van der Waals surface area contributed by atoms with Gasteiger partial charge in [0.05, 0.1) is 0 Å². The Hall–Kier alpha value is -2.11. The van der Waals surface area contributed by atoms with Crippen LogP contribution in [-0.2, 0) is 11.8 Å². The summed E-state index contributed by atoms with van der Waals surface area (Å²) >= 11 is 0. The summed E-state index contributed by atoms with van der Waals surface area (Å²) in [5.41, 5.74) is -0.109. The molecular formula is C13H17N3O3. The smallest absolute Gasteiger partial charge is 0.263 e. The van der Waals surface area contributed by atoms with E-state index in [1.54, 1.807) is 35.2 Å². The van der Waals surface area contributed by atoms with Gasteiger partial charge >= 0.3 is 0 Å². The van der Waals surface area contributed by atoms with E-state index in [-0.39, 0.29) is 22.9 Å². The molecule has 2 amide bonds. The molecule has 6 nitrogen and oxygen atoms in total. The van der Waals surface area contributed by atoms with Gasteiger partial charge in [-0.3, -0.25) is 14.4 Å². The second-order valence-corrected chi connectivity index (χ2v) is 4.64. The largest absolute Gasteiger partial charge is 0.339 e. The van der Waals surface area contributed by atoms with Crippen molar-refractivity contribution in [3.63, 3.8) is 0 Å². The van der Waals surface area contributed by atoms with Crippen molar-refractivity contribution in [2.45, 2.75) is 6.92 Å². The monoisotopic (exact) mass is 263 g/mol. The number of carbonyl (C=O) groups excluding carboxylic acids is 2. The lowest BCUT2D eigenvalue weighted by Crippen LogP contribution is -2.50. The van der Waals surface area contributed by atoms with Crippen molar-refractivity contribution in [3.05, 3.63) is 34.2 Å². The van der Waals surface area contributed by atoms with Gasteiger partial charge in [0, 0.05) is 46.3 Å². The molecule has 0 aromatic carbocycles. The quantitative estimate of drug-likeness (QED) is 0.698. The molecule has 102 valence electrons. The second-order valence-electron chi connectivity index (χ2n) is 4.64. The molecule has 0 spiro atoms. The van der Waals surface area contributed by atoms with Gasteiger partial charge in [0.1, 0.15) is 5.56 Å². The van der Waals surface area contributed by atoms with Crippen LogP contribution < -0.4 is 5.56 Å². The number of nitrogens with zero attached hydrogens (tertiary/aromatic N) is 3. The fourth-order valence-corrected chi connectivity index (χ4v) is 2.15. The van der Waals surface area contributed by atoms with E-state index in [9.17, 15) is 14.4 Å². The fraction of sp³-hybridized carbons (Fsp3) is 0.462. The Morgan fingerprint density at radius 3 is 2.26 bits per heavy atom. The predicted octanol–water partition coefficient (Wildman–Crippen LogP) is -0.310. The van der Waals surface area contributed by atoms with Crippen LogP contribution in [0.15, 0.2) is 23.1 Å². The number of aryl methyl sites for hydroxylation is 1. The predicted molar refractivity (Wildman–Crippen MR) is 69.8 cm³/mol. The number of piperazine rings is 1. The summed E-state index contributed by atoms with van der Waals surface area (Å²) < 4.78 is 1.39. The molecule has 2 heterocycles. The lowest BCUT2D eigenvalue weighted by Gasteiger charge is -2.34. The van der Waals surface area contributed by atoms with Crippen molar-refractivity contribution in [1.29, 1.82) is 0 Å². The fourth-order valence-electron chi connectivity index (χ4n) is 2.15. The standard InChI is InChI=1S/C13H17N3O3/c1-10(17)15-6-8-16(9-7-15)13(19)11-4-3-5-14(2)12(11)18/h3-5H,6-9H2,1-2H3. The molecule has 0 aliphatic carbocycles. The Bertz CT molecular complexity index is 556. The summed E-state index contributed by atoms with van der Waals surface area (Å²) in [5, 5.41) is 0. The zero-order valence-corrected chi connectivity index (χ0v) is 11.1. The maximum atomic E-state index is 12.3. The summed E-state index contributed by atoms with van der Waals surface area (Å²) in [5.74, 6) is -0.243. The van der Waals surface area contributed by atoms with Crippen molar-refractivity contribution in [2.75, 3.05) is 26.2 Å². The summed E-state index contributed by atoms with van der Waals surface area (Å²) in [6.45, 7) is 3.50. The zero-order chi connectivity index (χ0) is 14.0. The van der Waals surface area contributed by atoms with Gasteiger partial charge in [-0.05, 0) is 12.1 Å². The van der Waals surface area contributed by atoms with Gasteiger partial charge in [0.25, 0.3) is 11.5 Å². The highest BCUT2D eigenvalue weighted by atomic mass is 16.2. The molecule has 1 aliphatic rings. The van der Waals surface area contributed by atoms with Crippen LogP contribution in [0.4, 0.5) is 0 Å². The van der Waals surface area contributed by atoms with Crippen LogP contribution in [0.5, 0.6) is 0 Å². The minimum atomic E-state index is -0.290. The topological polar surface area (TPSA) is 62.6 Å². The third kappa shape index (κ3) is 2.67. The average molecular weight is 263 g/mol. The maximum Gasteiger partial charge on any atom is 0.263 e. The Labute approximate surface area is 111 Å². The molecule has 0 radical (unpaired) electrons. The number of rotatable bonds is 1. The van der Waals surface area contributed by atoms with Gasteiger partial charge in [0.2, 0.25) is 5.91 Å². The van der Waals surface area contributed by atoms with E-state index in [1.807, 2.05) is 0 Å². The molecule has 0 unspecified atom stereocenters. The summed E-state index contributed by atoms with van der Waals surface area (Å²) in [6.07, 6.45) is 1.62. The van der Waals surface area contributed by atoms with Crippen molar-refractivity contribution in [2.24, 2.45) is 7.05 Å². The molecule has 0 atom stereocenters. The highest BCUT2D eigenvalue weighted by Gasteiger charge is 2.24. The minimum Gasteiger partial charge on any atom is -0.339 e. The number of pyridine rings is 1. The zero-order valence-electron chi connectivity index (χ0n) is 11.1. The molecule has 0 saturated carbocycles. The van der Waals surface area contributed by atoms with E-state index in [4.69, 9.17) is 0 Å². The van der Waals surface area contributed by atoms with E-state index in [0.29, 0.717) is 26.2 Å². The minimum absolute atomic E-state index is 0.0164. The van der Waals surface area contributed by atoms with E-state index < -0.39 is 0 Å². The molecule has 19 heavy (non-hydrogen) atoms. The van der Waals surface area contributed by atoms with Gasteiger partial charge in [-0.1, -0.05) is 0 Å². The molecule has 6 heteroatoms. The Morgan fingerprint density at radius 1 is 1.11 bits per heavy atom. The lowest BCUT2D eigenvalue weighted by molar-refractivity contribution is -0.130. The summed E-state index contributed by atoms with van der Waals surface area (Å²) in [4.78, 5) is 38.7. The first kappa shape index (κ1) is 13.3. The third-order valence-electron chi connectivity index (χ3n) is 3.37. The molecule has 1 aromatic heterocycles. The first-order valence-electron chi connectivity index (χ1n) is 6.21. The Balaban J connectivity index is 2.12. The number of aromatic nitrogens is 1. The van der Waals surface area contributed by atoms with Crippen molar-refractivity contribution in [3.8, 4) is 0 Å². The summed E-state index contributed by atoms with van der Waals surface area (Å²) in [6, 6.07) is 3.22. The van der Waals surface area contributed by atoms with Crippen molar-refractivity contribution < 1.29 is 9.59 Å². The normalized spacial score (nSPS) is 15.5. The first-order chi connectivity index (χ1) is 9.00. The van der Waals surface area contributed by atoms with Gasteiger partial charge in [0.15, 0.2) is 0 Å². The molecule has 0 bridgehead atoms. The van der Waals surface area contributed by atoms with Crippen LogP contribution in [0, 0.1) is 0 Å². The molecule has 1 aliphatic heterocycles. The van der Waals surface area contributed by atoms with Crippen LogP contribution in [-0.4, -0.2) is 52.4 Å².